The SMILES string of the molecule is OC(c1ccccc1)(c1ccccc1-c1ccc(Cl)cc1)c1cc2ccccc2c2ccccc12. The highest BCUT2D eigenvalue weighted by Gasteiger charge is 2.37. The molecule has 0 saturated carbocycles. The quantitative estimate of drug-likeness (QED) is 0.202. The summed E-state index contributed by atoms with van der Waals surface area (Å²) in [5, 5.41) is 18.1. The minimum atomic E-state index is -1.39. The zero-order valence-corrected chi connectivity index (χ0v) is 19.8. The fraction of sp³-hybridized carbons (Fsp3) is 0.0303. The first-order valence-electron chi connectivity index (χ1n) is 11.7. The van der Waals surface area contributed by atoms with E-state index in [0.717, 1.165) is 44.0 Å². The average Bonchev–Trinajstić information content (AvgIpc) is 2.93. The molecular formula is C33H23ClO. The molecule has 0 saturated heterocycles. The molecule has 0 spiro atoms. The Bertz CT molecular complexity index is 1650. The van der Waals surface area contributed by atoms with Gasteiger partial charge in [0.2, 0.25) is 0 Å². The molecule has 168 valence electrons. The highest BCUT2D eigenvalue weighted by molar-refractivity contribution is 6.30. The Kier molecular flexibility index (Phi) is 5.37. The van der Waals surface area contributed by atoms with Crippen LogP contribution >= 0.6 is 11.6 Å². The van der Waals surface area contributed by atoms with Crippen LogP contribution in [0.25, 0.3) is 32.7 Å². The van der Waals surface area contributed by atoms with Gasteiger partial charge >= 0.3 is 0 Å². The van der Waals surface area contributed by atoms with Crippen LogP contribution in [0.3, 0.4) is 0 Å². The largest absolute Gasteiger partial charge is 0.376 e. The fourth-order valence-corrected chi connectivity index (χ4v) is 5.29. The van der Waals surface area contributed by atoms with Crippen molar-refractivity contribution in [2.24, 2.45) is 0 Å². The van der Waals surface area contributed by atoms with Crippen molar-refractivity contribution in [2.75, 3.05) is 0 Å². The van der Waals surface area contributed by atoms with Gasteiger partial charge in [0.05, 0.1) is 0 Å². The minimum Gasteiger partial charge on any atom is -0.376 e. The molecule has 0 aromatic heterocycles. The molecule has 0 aliphatic heterocycles. The van der Waals surface area contributed by atoms with Gasteiger partial charge in [-0.25, -0.2) is 0 Å². The molecule has 1 atom stereocenters. The van der Waals surface area contributed by atoms with E-state index in [1.165, 1.54) is 5.39 Å². The average molecular weight is 471 g/mol. The second kappa shape index (κ2) is 8.70. The smallest absolute Gasteiger partial charge is 0.141 e. The molecule has 1 unspecified atom stereocenters. The number of aliphatic hydroxyl groups is 1. The van der Waals surface area contributed by atoms with E-state index in [9.17, 15) is 5.11 Å². The molecule has 0 heterocycles. The monoisotopic (exact) mass is 470 g/mol. The van der Waals surface area contributed by atoms with Crippen molar-refractivity contribution in [1.82, 2.24) is 0 Å². The zero-order chi connectivity index (χ0) is 23.8. The first-order chi connectivity index (χ1) is 17.2. The maximum absolute atomic E-state index is 13.0. The third-order valence-corrected chi connectivity index (χ3v) is 7.07. The molecule has 35 heavy (non-hydrogen) atoms. The second-order valence-electron chi connectivity index (χ2n) is 8.82. The minimum absolute atomic E-state index is 0.685. The summed E-state index contributed by atoms with van der Waals surface area (Å²) in [4.78, 5) is 0. The van der Waals surface area contributed by atoms with Gasteiger partial charge < -0.3 is 5.11 Å². The summed E-state index contributed by atoms with van der Waals surface area (Å²) >= 11 is 6.19. The molecule has 0 aliphatic rings. The summed E-state index contributed by atoms with van der Waals surface area (Å²) in [6.45, 7) is 0. The van der Waals surface area contributed by atoms with E-state index in [1.54, 1.807) is 0 Å². The van der Waals surface area contributed by atoms with Crippen LogP contribution in [-0.2, 0) is 5.60 Å². The van der Waals surface area contributed by atoms with Gasteiger partial charge in [-0.2, -0.15) is 0 Å². The maximum Gasteiger partial charge on any atom is 0.141 e. The summed E-state index contributed by atoms with van der Waals surface area (Å²) < 4.78 is 0. The standard InChI is InChI=1S/C33H23ClO/c34-26-20-18-23(19-21-26)28-14-8-9-17-31(28)33(35,25-11-2-1-3-12-25)32-22-24-10-4-5-13-27(24)29-15-6-7-16-30(29)32/h1-22,35H. The molecule has 0 bridgehead atoms. The topological polar surface area (TPSA) is 20.2 Å². The van der Waals surface area contributed by atoms with Crippen molar-refractivity contribution >= 4 is 33.1 Å². The van der Waals surface area contributed by atoms with Crippen molar-refractivity contribution in [3.63, 3.8) is 0 Å². The molecule has 0 aliphatic carbocycles. The lowest BCUT2D eigenvalue weighted by atomic mass is 9.75. The van der Waals surface area contributed by atoms with E-state index in [-0.39, 0.29) is 0 Å². The van der Waals surface area contributed by atoms with E-state index in [1.807, 2.05) is 84.9 Å². The van der Waals surface area contributed by atoms with E-state index in [0.29, 0.717) is 5.02 Å². The molecule has 0 fully saturated rings. The van der Waals surface area contributed by atoms with Gasteiger partial charge in [0.25, 0.3) is 0 Å². The molecule has 6 rings (SSSR count). The van der Waals surface area contributed by atoms with Crippen molar-refractivity contribution < 1.29 is 5.11 Å². The van der Waals surface area contributed by atoms with Crippen LogP contribution in [0.4, 0.5) is 0 Å². The van der Waals surface area contributed by atoms with Crippen LogP contribution in [0.1, 0.15) is 16.7 Å². The first-order valence-corrected chi connectivity index (χ1v) is 12.1. The third-order valence-electron chi connectivity index (χ3n) is 6.82. The van der Waals surface area contributed by atoms with E-state index < -0.39 is 5.60 Å². The molecule has 2 heteroatoms. The van der Waals surface area contributed by atoms with E-state index in [4.69, 9.17) is 11.6 Å². The molecule has 1 N–H and O–H groups in total. The predicted octanol–water partition coefficient (Wildman–Crippen LogP) is 8.60. The summed E-state index contributed by atoms with van der Waals surface area (Å²) in [6, 6.07) is 44.7. The number of rotatable bonds is 4. The summed E-state index contributed by atoms with van der Waals surface area (Å²) in [7, 11) is 0. The summed E-state index contributed by atoms with van der Waals surface area (Å²) in [6.07, 6.45) is 0. The number of fused-ring (bicyclic) bond motifs is 3. The van der Waals surface area contributed by atoms with Crippen LogP contribution in [0.15, 0.2) is 133 Å². The molecule has 1 nitrogen and oxygen atoms in total. The normalized spacial score (nSPS) is 13.1. The van der Waals surface area contributed by atoms with Gasteiger partial charge in [0.1, 0.15) is 5.60 Å². The number of hydrogen-bond acceptors (Lipinski definition) is 1. The molecule has 0 radical (unpaired) electrons. The highest BCUT2D eigenvalue weighted by atomic mass is 35.5. The van der Waals surface area contributed by atoms with Crippen LogP contribution in [0.5, 0.6) is 0 Å². The number of benzene rings is 6. The Labute approximate surface area is 209 Å². The lowest BCUT2D eigenvalue weighted by Gasteiger charge is -2.33. The van der Waals surface area contributed by atoms with Crippen LogP contribution < -0.4 is 0 Å². The van der Waals surface area contributed by atoms with Gasteiger partial charge in [0, 0.05) is 16.1 Å². The molecule has 6 aromatic rings. The zero-order valence-electron chi connectivity index (χ0n) is 19.0. The van der Waals surface area contributed by atoms with Gasteiger partial charge in [-0.1, -0.05) is 127 Å². The Balaban J connectivity index is 1.74. The van der Waals surface area contributed by atoms with E-state index >= 15 is 0 Å². The van der Waals surface area contributed by atoms with Crippen molar-refractivity contribution in [1.29, 1.82) is 0 Å². The molecule has 0 amide bonds. The van der Waals surface area contributed by atoms with E-state index in [2.05, 4.69) is 48.5 Å². The fourth-order valence-electron chi connectivity index (χ4n) is 5.17. The number of hydrogen-bond donors (Lipinski definition) is 1. The van der Waals surface area contributed by atoms with Crippen LogP contribution in [0, 0.1) is 0 Å². The lowest BCUT2D eigenvalue weighted by molar-refractivity contribution is 0.128. The van der Waals surface area contributed by atoms with Crippen LogP contribution in [-0.4, -0.2) is 5.11 Å². The molecular weight excluding hydrogens is 448 g/mol. The summed E-state index contributed by atoms with van der Waals surface area (Å²) in [5.74, 6) is 0. The first kappa shape index (κ1) is 21.6. The summed E-state index contributed by atoms with van der Waals surface area (Å²) in [5.41, 5.74) is 3.09. The molecule has 6 aromatic carbocycles. The van der Waals surface area contributed by atoms with Crippen LogP contribution in [0.2, 0.25) is 5.02 Å². The van der Waals surface area contributed by atoms with Gasteiger partial charge in [-0.05, 0) is 56.4 Å². The van der Waals surface area contributed by atoms with Gasteiger partial charge in [-0.15, -0.1) is 0 Å². The maximum atomic E-state index is 13.0. The highest BCUT2D eigenvalue weighted by Crippen LogP contribution is 2.45. The van der Waals surface area contributed by atoms with Crippen molar-refractivity contribution in [2.45, 2.75) is 5.60 Å². The number of halogens is 1. The van der Waals surface area contributed by atoms with Crippen molar-refractivity contribution in [3.8, 4) is 11.1 Å². The predicted molar refractivity (Wildman–Crippen MR) is 147 cm³/mol. The van der Waals surface area contributed by atoms with Gasteiger partial charge in [0.15, 0.2) is 0 Å². The lowest BCUT2D eigenvalue weighted by Crippen LogP contribution is -2.30. The van der Waals surface area contributed by atoms with Gasteiger partial charge in [-0.3, -0.25) is 0 Å². The second-order valence-corrected chi connectivity index (χ2v) is 9.26. The third kappa shape index (κ3) is 3.61. The Morgan fingerprint density at radius 2 is 1.11 bits per heavy atom. The Hall–Kier alpha value is -3.91. The Morgan fingerprint density at radius 3 is 1.89 bits per heavy atom. The van der Waals surface area contributed by atoms with Crippen molar-refractivity contribution in [3.05, 3.63) is 155 Å². The Morgan fingerprint density at radius 1 is 0.514 bits per heavy atom.